The zero-order chi connectivity index (χ0) is 21.2. The molecule has 1 aromatic carbocycles. The first-order valence-electron chi connectivity index (χ1n) is 9.12. The molecule has 29 heavy (non-hydrogen) atoms. The average Bonchev–Trinajstić information content (AvgIpc) is 3.18. The summed E-state index contributed by atoms with van der Waals surface area (Å²) < 4.78 is 42.0. The van der Waals surface area contributed by atoms with Crippen molar-refractivity contribution >= 4 is 11.6 Å². The molecule has 0 aliphatic carbocycles. The minimum Gasteiger partial charge on any atom is -0.323 e. The zero-order valence-electron chi connectivity index (χ0n) is 16.4. The Bertz CT molecular complexity index is 1020. The van der Waals surface area contributed by atoms with Gasteiger partial charge in [-0.25, -0.2) is 0 Å². The summed E-state index contributed by atoms with van der Waals surface area (Å²) in [4.78, 5) is 12.3. The Kier molecular flexibility index (Phi) is 5.76. The molecule has 0 bridgehead atoms. The second-order valence-corrected chi connectivity index (χ2v) is 6.98. The lowest BCUT2D eigenvalue weighted by Crippen LogP contribution is -2.16. The molecular weight excluding hydrogens is 383 g/mol. The van der Waals surface area contributed by atoms with Crippen LogP contribution in [0.1, 0.15) is 34.5 Å². The molecule has 0 saturated heterocycles. The highest BCUT2D eigenvalue weighted by Gasteiger charge is 2.30. The first kappa shape index (κ1) is 20.6. The van der Waals surface area contributed by atoms with Crippen LogP contribution < -0.4 is 5.32 Å². The van der Waals surface area contributed by atoms with Gasteiger partial charge in [0.25, 0.3) is 0 Å². The molecule has 3 aromatic rings. The van der Waals surface area contributed by atoms with Crippen molar-refractivity contribution in [2.45, 2.75) is 46.5 Å². The van der Waals surface area contributed by atoms with Gasteiger partial charge in [-0.05, 0) is 44.0 Å². The molecule has 6 nitrogen and oxygen atoms in total. The number of carbonyl (C=O) groups excluding carboxylic acids is 1. The number of aromatic nitrogens is 4. The minimum atomic E-state index is -4.39. The van der Waals surface area contributed by atoms with Crippen LogP contribution in [0.5, 0.6) is 0 Å². The van der Waals surface area contributed by atoms with Gasteiger partial charge in [0, 0.05) is 19.2 Å². The number of halogens is 3. The standard InChI is InChI=1S/C20H22F3N5O/c1-13-10-24-27(11-13)8-7-18(29)25-19-14(2)26-28(15(19)3)12-16-5-4-6-17(9-16)20(21,22)23/h4-6,9-11H,7-8,12H2,1-3H3,(H,25,29). The Morgan fingerprint density at radius 2 is 1.97 bits per heavy atom. The van der Waals surface area contributed by atoms with Crippen molar-refractivity contribution in [3.63, 3.8) is 0 Å². The third-order valence-corrected chi connectivity index (χ3v) is 4.56. The fourth-order valence-corrected chi connectivity index (χ4v) is 3.06. The Labute approximate surface area is 166 Å². The van der Waals surface area contributed by atoms with Crippen LogP contribution >= 0.6 is 0 Å². The number of carbonyl (C=O) groups is 1. The number of rotatable bonds is 6. The lowest BCUT2D eigenvalue weighted by atomic mass is 10.1. The van der Waals surface area contributed by atoms with Gasteiger partial charge in [-0.1, -0.05) is 12.1 Å². The van der Waals surface area contributed by atoms with Gasteiger partial charge >= 0.3 is 6.18 Å². The molecule has 1 amide bonds. The van der Waals surface area contributed by atoms with E-state index in [2.05, 4.69) is 15.5 Å². The minimum absolute atomic E-state index is 0.178. The van der Waals surface area contributed by atoms with Crippen LogP contribution in [0.25, 0.3) is 0 Å². The third-order valence-electron chi connectivity index (χ3n) is 4.56. The molecule has 0 saturated carbocycles. The van der Waals surface area contributed by atoms with Crippen LogP contribution in [0.4, 0.5) is 18.9 Å². The largest absolute Gasteiger partial charge is 0.416 e. The highest BCUT2D eigenvalue weighted by atomic mass is 19.4. The number of anilines is 1. The zero-order valence-corrected chi connectivity index (χ0v) is 16.4. The monoisotopic (exact) mass is 405 g/mol. The summed E-state index contributed by atoms with van der Waals surface area (Å²) >= 11 is 0. The molecule has 0 aliphatic heterocycles. The van der Waals surface area contributed by atoms with Gasteiger partial charge in [-0.3, -0.25) is 14.2 Å². The van der Waals surface area contributed by atoms with Gasteiger partial charge in [0.1, 0.15) is 0 Å². The number of aryl methyl sites for hydroxylation is 3. The predicted molar refractivity (Wildman–Crippen MR) is 102 cm³/mol. The maximum absolute atomic E-state index is 12.9. The second kappa shape index (κ2) is 8.10. The highest BCUT2D eigenvalue weighted by Crippen LogP contribution is 2.30. The number of nitrogens with one attached hydrogen (secondary N) is 1. The Hall–Kier alpha value is -3.10. The molecule has 0 radical (unpaired) electrons. The van der Waals surface area contributed by atoms with Crippen LogP contribution in [0.15, 0.2) is 36.7 Å². The van der Waals surface area contributed by atoms with Gasteiger partial charge in [0.2, 0.25) is 5.91 Å². The summed E-state index contributed by atoms with van der Waals surface area (Å²) in [5, 5.41) is 11.4. The Morgan fingerprint density at radius 3 is 2.62 bits per heavy atom. The van der Waals surface area contributed by atoms with Gasteiger partial charge in [0.15, 0.2) is 0 Å². The number of alkyl halides is 3. The van der Waals surface area contributed by atoms with Crippen LogP contribution in [-0.2, 0) is 24.1 Å². The third kappa shape index (κ3) is 5.04. The maximum atomic E-state index is 12.9. The quantitative estimate of drug-likeness (QED) is 0.672. The predicted octanol–water partition coefficient (Wildman–Crippen LogP) is 4.10. The van der Waals surface area contributed by atoms with Crippen LogP contribution in [0.2, 0.25) is 0 Å². The summed E-state index contributed by atoms with van der Waals surface area (Å²) in [5.41, 5.74) is 2.68. The summed E-state index contributed by atoms with van der Waals surface area (Å²) in [7, 11) is 0. The van der Waals surface area contributed by atoms with Crippen LogP contribution in [-0.4, -0.2) is 25.5 Å². The first-order chi connectivity index (χ1) is 13.6. The Morgan fingerprint density at radius 1 is 1.21 bits per heavy atom. The second-order valence-electron chi connectivity index (χ2n) is 6.98. The Balaban J connectivity index is 1.69. The first-order valence-corrected chi connectivity index (χ1v) is 9.12. The lowest BCUT2D eigenvalue weighted by Gasteiger charge is -2.10. The average molecular weight is 405 g/mol. The molecule has 0 unspecified atom stereocenters. The van der Waals surface area contributed by atoms with E-state index in [0.717, 1.165) is 17.7 Å². The van der Waals surface area contributed by atoms with E-state index in [1.165, 1.54) is 6.07 Å². The van der Waals surface area contributed by atoms with E-state index in [4.69, 9.17) is 0 Å². The fourth-order valence-electron chi connectivity index (χ4n) is 3.06. The van der Waals surface area contributed by atoms with Gasteiger partial charge in [-0.2, -0.15) is 23.4 Å². The number of hydrogen-bond donors (Lipinski definition) is 1. The summed E-state index contributed by atoms with van der Waals surface area (Å²) in [6.07, 6.45) is -0.558. The molecule has 3 rings (SSSR count). The van der Waals surface area contributed by atoms with Crippen LogP contribution in [0, 0.1) is 20.8 Å². The van der Waals surface area contributed by atoms with Gasteiger partial charge in [-0.15, -0.1) is 0 Å². The van der Waals surface area contributed by atoms with Gasteiger partial charge < -0.3 is 5.32 Å². The van der Waals surface area contributed by atoms with Crippen molar-refractivity contribution < 1.29 is 18.0 Å². The molecule has 0 spiro atoms. The molecule has 1 N–H and O–H groups in total. The van der Waals surface area contributed by atoms with E-state index in [1.54, 1.807) is 35.5 Å². The molecule has 9 heteroatoms. The molecule has 0 atom stereocenters. The molecule has 0 aliphatic rings. The number of hydrogen-bond acceptors (Lipinski definition) is 3. The van der Waals surface area contributed by atoms with E-state index < -0.39 is 11.7 Å². The molecule has 154 valence electrons. The van der Waals surface area contributed by atoms with E-state index >= 15 is 0 Å². The van der Waals surface area contributed by atoms with Crippen molar-refractivity contribution in [2.75, 3.05) is 5.32 Å². The number of amides is 1. The summed E-state index contributed by atoms with van der Waals surface area (Å²) in [6.45, 7) is 6.09. The van der Waals surface area contributed by atoms with Gasteiger partial charge in [0.05, 0.1) is 35.4 Å². The van der Waals surface area contributed by atoms with Crippen molar-refractivity contribution in [1.82, 2.24) is 19.6 Å². The molecule has 2 aromatic heterocycles. The molecular formula is C20H22F3N5O. The van der Waals surface area contributed by atoms with E-state index in [1.807, 2.05) is 13.1 Å². The maximum Gasteiger partial charge on any atom is 0.416 e. The van der Waals surface area contributed by atoms with Crippen molar-refractivity contribution in [1.29, 1.82) is 0 Å². The van der Waals surface area contributed by atoms with E-state index in [0.29, 0.717) is 29.2 Å². The number of benzene rings is 1. The fraction of sp³-hybridized carbons (Fsp3) is 0.350. The SMILES string of the molecule is Cc1cnn(CCC(=O)Nc2c(C)nn(Cc3cccc(C(F)(F)F)c3)c2C)c1. The highest BCUT2D eigenvalue weighted by molar-refractivity contribution is 5.91. The topological polar surface area (TPSA) is 64.7 Å². The molecule has 0 fully saturated rings. The van der Waals surface area contributed by atoms with Crippen molar-refractivity contribution in [3.05, 3.63) is 64.7 Å². The summed E-state index contributed by atoms with van der Waals surface area (Å²) in [6, 6.07) is 5.15. The van der Waals surface area contributed by atoms with Crippen molar-refractivity contribution in [3.8, 4) is 0 Å². The van der Waals surface area contributed by atoms with Crippen molar-refractivity contribution in [2.24, 2.45) is 0 Å². The number of nitrogens with zero attached hydrogens (tertiary/aromatic N) is 4. The summed E-state index contributed by atoms with van der Waals surface area (Å²) in [5.74, 6) is -0.178. The normalized spacial score (nSPS) is 11.7. The lowest BCUT2D eigenvalue weighted by molar-refractivity contribution is -0.137. The van der Waals surface area contributed by atoms with Crippen LogP contribution in [0.3, 0.4) is 0 Å². The van der Waals surface area contributed by atoms with E-state index in [-0.39, 0.29) is 18.9 Å². The smallest absolute Gasteiger partial charge is 0.323 e. The van der Waals surface area contributed by atoms with E-state index in [9.17, 15) is 18.0 Å². The molecule has 2 heterocycles.